The maximum absolute atomic E-state index is 11.3. The molecule has 15 heavy (non-hydrogen) atoms. The smallest absolute Gasteiger partial charge is 0.151 e. The number of benzene rings is 1. The van der Waals surface area contributed by atoms with Gasteiger partial charge in [-0.2, -0.15) is 0 Å². The van der Waals surface area contributed by atoms with Gasteiger partial charge in [0, 0.05) is 17.3 Å². The molecule has 0 aliphatic carbocycles. The number of hydrogen-bond acceptors (Lipinski definition) is 3. The van der Waals surface area contributed by atoms with E-state index in [4.69, 9.17) is 17.3 Å². The topological polar surface area (TPSA) is 60.2 Å². The molecule has 0 amide bonds. The standard InChI is InChI=1S/C10H14ClNO2S/c1-7(15(2,13)14)10(12)8-4-3-5-9(11)6-8/h3-7,10H,12H2,1-2H3/t7-,10-/m0/s1. The zero-order valence-electron chi connectivity index (χ0n) is 8.64. The lowest BCUT2D eigenvalue weighted by Crippen LogP contribution is -2.30. The Bertz CT molecular complexity index is 444. The van der Waals surface area contributed by atoms with Gasteiger partial charge in [0.15, 0.2) is 9.84 Å². The summed E-state index contributed by atoms with van der Waals surface area (Å²) in [5.74, 6) is 0. The van der Waals surface area contributed by atoms with Crippen LogP contribution >= 0.6 is 11.6 Å². The van der Waals surface area contributed by atoms with E-state index in [0.717, 1.165) is 5.56 Å². The van der Waals surface area contributed by atoms with Crippen LogP contribution in [-0.4, -0.2) is 19.9 Å². The number of nitrogens with two attached hydrogens (primary N) is 1. The monoisotopic (exact) mass is 247 g/mol. The molecule has 0 saturated heterocycles. The van der Waals surface area contributed by atoms with Crippen molar-refractivity contribution < 1.29 is 8.42 Å². The Labute approximate surface area is 95.2 Å². The molecule has 0 saturated carbocycles. The summed E-state index contributed by atoms with van der Waals surface area (Å²) in [6.07, 6.45) is 1.18. The normalized spacial score (nSPS) is 16.0. The third-order valence-corrected chi connectivity index (χ3v) is 4.29. The molecular weight excluding hydrogens is 234 g/mol. The molecule has 0 aromatic heterocycles. The molecule has 0 aliphatic rings. The molecular formula is C10H14ClNO2S. The van der Waals surface area contributed by atoms with Crippen LogP contribution in [0.3, 0.4) is 0 Å². The minimum absolute atomic E-state index is 0.543. The number of hydrogen-bond donors (Lipinski definition) is 1. The van der Waals surface area contributed by atoms with E-state index in [1.54, 1.807) is 31.2 Å². The van der Waals surface area contributed by atoms with Gasteiger partial charge in [0.25, 0.3) is 0 Å². The van der Waals surface area contributed by atoms with Gasteiger partial charge < -0.3 is 5.73 Å². The highest BCUT2D eigenvalue weighted by atomic mass is 35.5. The molecule has 1 aromatic rings. The minimum atomic E-state index is -3.13. The summed E-state index contributed by atoms with van der Waals surface area (Å²) in [6, 6.07) is 6.40. The average Bonchev–Trinajstić information content (AvgIpc) is 2.14. The first-order valence-electron chi connectivity index (χ1n) is 4.52. The molecule has 2 N–H and O–H groups in total. The second-order valence-corrected chi connectivity index (χ2v) is 6.45. The Morgan fingerprint density at radius 3 is 2.47 bits per heavy atom. The van der Waals surface area contributed by atoms with Gasteiger partial charge in [0.2, 0.25) is 0 Å². The Morgan fingerprint density at radius 2 is 2.00 bits per heavy atom. The summed E-state index contributed by atoms with van der Waals surface area (Å²) < 4.78 is 22.6. The molecule has 1 rings (SSSR count). The van der Waals surface area contributed by atoms with E-state index in [9.17, 15) is 8.42 Å². The summed E-state index contributed by atoms with van der Waals surface area (Å²) in [5, 5.41) is -0.0559. The fourth-order valence-corrected chi connectivity index (χ4v) is 2.14. The quantitative estimate of drug-likeness (QED) is 0.886. The number of rotatable bonds is 3. The Kier molecular flexibility index (Phi) is 3.76. The van der Waals surface area contributed by atoms with E-state index in [1.807, 2.05) is 0 Å². The lowest BCUT2D eigenvalue weighted by molar-refractivity contribution is 0.571. The van der Waals surface area contributed by atoms with Gasteiger partial charge in [0.1, 0.15) is 0 Å². The van der Waals surface area contributed by atoms with Gasteiger partial charge in [-0.25, -0.2) is 8.42 Å². The second kappa shape index (κ2) is 4.51. The Balaban J connectivity index is 3.00. The summed E-state index contributed by atoms with van der Waals surface area (Å²) >= 11 is 5.80. The third-order valence-electron chi connectivity index (χ3n) is 2.41. The van der Waals surface area contributed by atoms with Crippen molar-refractivity contribution in [2.24, 2.45) is 5.73 Å². The van der Waals surface area contributed by atoms with Crippen molar-refractivity contribution >= 4 is 21.4 Å². The molecule has 2 atom stereocenters. The number of sulfone groups is 1. The first kappa shape index (κ1) is 12.5. The predicted molar refractivity (Wildman–Crippen MR) is 62.7 cm³/mol. The van der Waals surface area contributed by atoms with Crippen molar-refractivity contribution in [3.05, 3.63) is 34.9 Å². The lowest BCUT2D eigenvalue weighted by atomic mass is 10.1. The van der Waals surface area contributed by atoms with Crippen LogP contribution < -0.4 is 5.73 Å². The summed E-state index contributed by atoms with van der Waals surface area (Å²) in [6.45, 7) is 1.60. The highest BCUT2D eigenvalue weighted by Crippen LogP contribution is 2.21. The van der Waals surface area contributed by atoms with Gasteiger partial charge in [0.05, 0.1) is 5.25 Å². The van der Waals surface area contributed by atoms with E-state index in [1.165, 1.54) is 6.26 Å². The SMILES string of the molecule is C[C@@H]([C@H](N)c1cccc(Cl)c1)S(C)(=O)=O. The van der Waals surface area contributed by atoms with Gasteiger partial charge in [-0.1, -0.05) is 23.7 Å². The maximum Gasteiger partial charge on any atom is 0.151 e. The lowest BCUT2D eigenvalue weighted by Gasteiger charge is -2.18. The van der Waals surface area contributed by atoms with Crippen LogP contribution in [-0.2, 0) is 9.84 Å². The van der Waals surface area contributed by atoms with Gasteiger partial charge >= 0.3 is 0 Å². The highest BCUT2D eigenvalue weighted by Gasteiger charge is 2.23. The third kappa shape index (κ3) is 3.19. The van der Waals surface area contributed by atoms with Crippen LogP contribution in [0, 0.1) is 0 Å². The van der Waals surface area contributed by atoms with Crippen molar-refractivity contribution in [2.45, 2.75) is 18.2 Å². The van der Waals surface area contributed by atoms with Crippen molar-refractivity contribution in [1.29, 1.82) is 0 Å². The van der Waals surface area contributed by atoms with E-state index in [-0.39, 0.29) is 0 Å². The molecule has 0 aliphatic heterocycles. The summed E-state index contributed by atoms with van der Waals surface area (Å²) in [7, 11) is -3.13. The van der Waals surface area contributed by atoms with Gasteiger partial charge in [-0.3, -0.25) is 0 Å². The summed E-state index contributed by atoms with van der Waals surface area (Å²) in [4.78, 5) is 0. The van der Waals surface area contributed by atoms with Gasteiger partial charge in [-0.05, 0) is 24.6 Å². The Morgan fingerprint density at radius 1 is 1.40 bits per heavy atom. The van der Waals surface area contributed by atoms with Crippen molar-refractivity contribution in [3.8, 4) is 0 Å². The highest BCUT2D eigenvalue weighted by molar-refractivity contribution is 7.91. The fourth-order valence-electron chi connectivity index (χ4n) is 1.25. The fraction of sp³-hybridized carbons (Fsp3) is 0.400. The Hall–Kier alpha value is -0.580. The van der Waals surface area contributed by atoms with Crippen LogP contribution in [0.4, 0.5) is 0 Å². The first-order chi connectivity index (χ1) is 6.82. The first-order valence-corrected chi connectivity index (χ1v) is 6.85. The van der Waals surface area contributed by atoms with Crippen LogP contribution in [0.2, 0.25) is 5.02 Å². The van der Waals surface area contributed by atoms with E-state index in [2.05, 4.69) is 0 Å². The van der Waals surface area contributed by atoms with Gasteiger partial charge in [-0.15, -0.1) is 0 Å². The maximum atomic E-state index is 11.3. The van der Waals surface area contributed by atoms with Crippen LogP contribution in [0.15, 0.2) is 24.3 Å². The van der Waals surface area contributed by atoms with E-state index >= 15 is 0 Å². The molecule has 84 valence electrons. The van der Waals surface area contributed by atoms with E-state index < -0.39 is 21.1 Å². The zero-order chi connectivity index (χ0) is 11.6. The molecule has 0 unspecified atom stereocenters. The molecule has 5 heteroatoms. The molecule has 1 aromatic carbocycles. The molecule has 0 bridgehead atoms. The van der Waals surface area contributed by atoms with Crippen molar-refractivity contribution in [3.63, 3.8) is 0 Å². The van der Waals surface area contributed by atoms with Crippen LogP contribution in [0.1, 0.15) is 18.5 Å². The van der Waals surface area contributed by atoms with Crippen LogP contribution in [0.25, 0.3) is 0 Å². The molecule has 0 fully saturated rings. The molecule has 0 heterocycles. The van der Waals surface area contributed by atoms with E-state index in [0.29, 0.717) is 5.02 Å². The van der Waals surface area contributed by atoms with Crippen molar-refractivity contribution in [1.82, 2.24) is 0 Å². The molecule has 3 nitrogen and oxygen atoms in total. The average molecular weight is 248 g/mol. The minimum Gasteiger partial charge on any atom is -0.323 e. The zero-order valence-corrected chi connectivity index (χ0v) is 10.2. The van der Waals surface area contributed by atoms with Crippen molar-refractivity contribution in [2.75, 3.05) is 6.26 Å². The molecule has 0 spiro atoms. The van der Waals surface area contributed by atoms with Crippen LogP contribution in [0.5, 0.6) is 0 Å². The number of halogens is 1. The predicted octanol–water partition coefficient (Wildman–Crippen LogP) is 1.77. The second-order valence-electron chi connectivity index (χ2n) is 3.62. The largest absolute Gasteiger partial charge is 0.323 e. The summed E-state index contributed by atoms with van der Waals surface area (Å²) in [5.41, 5.74) is 6.59. The molecule has 0 radical (unpaired) electrons.